The molecule has 0 bridgehead atoms. The summed E-state index contributed by atoms with van der Waals surface area (Å²) >= 11 is 5.33. The Hall–Kier alpha value is -0.310. The average molecular weight is 181 g/mol. The van der Waals surface area contributed by atoms with Crippen molar-refractivity contribution >= 4 is 17.6 Å². The maximum Gasteiger partial charge on any atom is 0.313 e. The zero-order valence-corrected chi connectivity index (χ0v) is 7.03. The molecule has 0 aromatic rings. The van der Waals surface area contributed by atoms with E-state index in [1.807, 2.05) is 0 Å². The largest absolute Gasteiger partial charge is 0.466 e. The molecule has 1 aliphatic rings. The minimum absolute atomic E-state index is 0.248. The molecule has 0 spiro atoms. The molecule has 1 aliphatic carbocycles. The number of hydrogen-bond acceptors (Lipinski definition) is 2. The van der Waals surface area contributed by atoms with Crippen molar-refractivity contribution in [1.29, 1.82) is 0 Å². The molecule has 0 N–H and O–H groups in total. The van der Waals surface area contributed by atoms with E-state index in [9.17, 15) is 9.18 Å². The summed E-state index contributed by atoms with van der Waals surface area (Å²) in [5.74, 6) is -1.26. The van der Waals surface area contributed by atoms with Gasteiger partial charge in [-0.05, 0) is 19.8 Å². The van der Waals surface area contributed by atoms with Gasteiger partial charge in [0.2, 0.25) is 0 Å². The molecule has 0 aromatic carbocycles. The Morgan fingerprint density at radius 2 is 2.55 bits per heavy atom. The highest BCUT2D eigenvalue weighted by atomic mass is 35.5. The summed E-state index contributed by atoms with van der Waals surface area (Å²) in [6.45, 7) is 1.97. The van der Waals surface area contributed by atoms with Crippen LogP contribution in [0.15, 0.2) is 0 Å². The third-order valence-corrected chi connectivity index (χ3v) is 2.30. The molecule has 64 valence electrons. The number of rotatable bonds is 2. The number of carbonyl (C=O) groups excluding carboxylic acids is 1. The van der Waals surface area contributed by atoms with Crippen molar-refractivity contribution in [2.45, 2.75) is 24.9 Å². The van der Waals surface area contributed by atoms with Crippen LogP contribution in [0.1, 0.15) is 19.8 Å². The van der Waals surface area contributed by atoms with Crippen LogP contribution in [0.3, 0.4) is 0 Å². The first-order valence-electron chi connectivity index (χ1n) is 3.62. The molecule has 0 heterocycles. The molecule has 0 aromatic heterocycles. The highest BCUT2D eigenvalue weighted by Crippen LogP contribution is 2.45. The van der Waals surface area contributed by atoms with E-state index in [2.05, 4.69) is 4.74 Å². The lowest BCUT2D eigenvalue weighted by atomic mass is 9.82. The van der Waals surface area contributed by atoms with Crippen LogP contribution < -0.4 is 0 Å². The minimum atomic E-state index is -1.84. The van der Waals surface area contributed by atoms with Crippen LogP contribution in [-0.4, -0.2) is 17.7 Å². The van der Waals surface area contributed by atoms with E-state index in [1.54, 1.807) is 6.92 Å². The number of ether oxygens (including phenoxy) is 1. The van der Waals surface area contributed by atoms with Crippen molar-refractivity contribution in [3.8, 4) is 0 Å². The molecule has 0 amide bonds. The summed E-state index contributed by atoms with van der Waals surface area (Å²) in [5, 5.41) is -1.84. The summed E-state index contributed by atoms with van der Waals surface area (Å²) in [4.78, 5) is 10.9. The van der Waals surface area contributed by atoms with Gasteiger partial charge in [0.1, 0.15) is 5.92 Å². The molecule has 1 fully saturated rings. The average Bonchev–Trinajstić information content (AvgIpc) is 1.86. The third kappa shape index (κ3) is 1.64. The van der Waals surface area contributed by atoms with Gasteiger partial charge in [-0.3, -0.25) is 4.79 Å². The third-order valence-electron chi connectivity index (χ3n) is 1.85. The van der Waals surface area contributed by atoms with Crippen LogP contribution >= 0.6 is 11.6 Å². The van der Waals surface area contributed by atoms with Gasteiger partial charge in [-0.2, -0.15) is 0 Å². The fourth-order valence-corrected chi connectivity index (χ4v) is 1.35. The number of alkyl halides is 2. The van der Waals surface area contributed by atoms with E-state index in [4.69, 9.17) is 11.6 Å². The van der Waals surface area contributed by atoms with Gasteiger partial charge < -0.3 is 4.74 Å². The second-order valence-corrected chi connectivity index (χ2v) is 3.23. The molecular formula is C7H10ClFO2. The summed E-state index contributed by atoms with van der Waals surface area (Å²) in [7, 11) is 0. The first-order valence-corrected chi connectivity index (χ1v) is 4.00. The molecule has 11 heavy (non-hydrogen) atoms. The Bertz CT molecular complexity index is 170. The van der Waals surface area contributed by atoms with Gasteiger partial charge in [-0.25, -0.2) is 4.39 Å². The van der Waals surface area contributed by atoms with Crippen LogP contribution in [0.4, 0.5) is 4.39 Å². The van der Waals surface area contributed by atoms with Crippen molar-refractivity contribution in [2.24, 2.45) is 5.92 Å². The summed E-state index contributed by atoms with van der Waals surface area (Å²) in [6.07, 6.45) is 0.747. The molecule has 4 heteroatoms. The Morgan fingerprint density at radius 1 is 1.91 bits per heavy atom. The molecule has 0 saturated heterocycles. The smallest absolute Gasteiger partial charge is 0.313 e. The zero-order valence-electron chi connectivity index (χ0n) is 6.27. The van der Waals surface area contributed by atoms with E-state index in [0.29, 0.717) is 6.42 Å². The lowest BCUT2D eigenvalue weighted by Crippen LogP contribution is -2.43. The predicted octanol–water partition coefficient (Wildman–Crippen LogP) is 1.86. The van der Waals surface area contributed by atoms with Crippen LogP contribution in [0, 0.1) is 5.92 Å². The van der Waals surface area contributed by atoms with Gasteiger partial charge in [0, 0.05) is 0 Å². The van der Waals surface area contributed by atoms with Crippen LogP contribution in [-0.2, 0) is 9.53 Å². The van der Waals surface area contributed by atoms with Crippen LogP contribution in [0.2, 0.25) is 0 Å². The Balaban J connectivity index is 2.43. The molecule has 0 radical (unpaired) electrons. The first kappa shape index (κ1) is 8.78. The summed E-state index contributed by atoms with van der Waals surface area (Å²) in [6, 6.07) is 0. The molecule has 2 atom stereocenters. The van der Waals surface area contributed by atoms with Gasteiger partial charge in [0.25, 0.3) is 0 Å². The highest BCUT2D eigenvalue weighted by Gasteiger charge is 2.51. The molecular weight excluding hydrogens is 171 g/mol. The fourth-order valence-electron chi connectivity index (χ4n) is 1.04. The fraction of sp³-hybridized carbons (Fsp3) is 0.857. The van der Waals surface area contributed by atoms with E-state index in [0.717, 1.165) is 0 Å². The van der Waals surface area contributed by atoms with E-state index in [1.165, 1.54) is 0 Å². The summed E-state index contributed by atoms with van der Waals surface area (Å²) in [5.41, 5.74) is 0. The quantitative estimate of drug-likeness (QED) is 0.479. The van der Waals surface area contributed by atoms with Gasteiger partial charge in [0.05, 0.1) is 6.61 Å². The number of esters is 1. The van der Waals surface area contributed by atoms with Crippen molar-refractivity contribution in [3.05, 3.63) is 0 Å². The molecule has 0 aliphatic heterocycles. The number of halogens is 2. The molecule has 1 rings (SSSR count). The molecule has 1 saturated carbocycles. The van der Waals surface area contributed by atoms with Gasteiger partial charge in [-0.1, -0.05) is 11.6 Å². The lowest BCUT2D eigenvalue weighted by Gasteiger charge is -2.35. The van der Waals surface area contributed by atoms with Crippen molar-refractivity contribution < 1.29 is 13.9 Å². The van der Waals surface area contributed by atoms with Crippen LogP contribution in [0.25, 0.3) is 0 Å². The molecule has 2 nitrogen and oxygen atoms in total. The normalized spacial score (nSPS) is 36.1. The first-order chi connectivity index (χ1) is 5.08. The predicted molar refractivity (Wildman–Crippen MR) is 39.0 cm³/mol. The van der Waals surface area contributed by atoms with Crippen molar-refractivity contribution in [3.63, 3.8) is 0 Å². The lowest BCUT2D eigenvalue weighted by molar-refractivity contribution is -0.156. The standard InChI is InChI=1S/C7H10ClFO2/c1-2-11-6(10)5-3-4-7(5,8)9/h5H,2-4H2,1H3. The monoisotopic (exact) mass is 180 g/mol. The number of carbonyl (C=O) groups is 1. The maximum atomic E-state index is 12.9. The van der Waals surface area contributed by atoms with Gasteiger partial charge in [-0.15, -0.1) is 0 Å². The summed E-state index contributed by atoms with van der Waals surface area (Å²) < 4.78 is 17.5. The Kier molecular flexibility index (Phi) is 2.37. The maximum absolute atomic E-state index is 12.9. The topological polar surface area (TPSA) is 26.3 Å². The van der Waals surface area contributed by atoms with Gasteiger partial charge >= 0.3 is 5.97 Å². The van der Waals surface area contributed by atoms with E-state index < -0.39 is 17.0 Å². The second-order valence-electron chi connectivity index (χ2n) is 2.60. The highest BCUT2D eigenvalue weighted by molar-refractivity contribution is 6.25. The van der Waals surface area contributed by atoms with Crippen molar-refractivity contribution in [1.82, 2.24) is 0 Å². The van der Waals surface area contributed by atoms with E-state index in [-0.39, 0.29) is 13.0 Å². The molecule has 2 unspecified atom stereocenters. The van der Waals surface area contributed by atoms with Crippen LogP contribution in [0.5, 0.6) is 0 Å². The SMILES string of the molecule is CCOC(=O)C1CCC1(F)Cl. The van der Waals surface area contributed by atoms with E-state index >= 15 is 0 Å². The minimum Gasteiger partial charge on any atom is -0.466 e. The van der Waals surface area contributed by atoms with Crippen molar-refractivity contribution in [2.75, 3.05) is 6.61 Å². The number of hydrogen-bond donors (Lipinski definition) is 0. The Labute approximate surface area is 69.7 Å². The Morgan fingerprint density at radius 3 is 2.82 bits per heavy atom. The zero-order chi connectivity index (χ0) is 8.48. The van der Waals surface area contributed by atoms with Gasteiger partial charge in [0.15, 0.2) is 5.13 Å². The second kappa shape index (κ2) is 2.97.